The molecule has 2 aliphatic rings. The third-order valence-electron chi connectivity index (χ3n) is 6.14. The number of carbonyl (C=O) groups excluding carboxylic acids is 1. The molecule has 1 fully saturated rings. The molecule has 3 aromatic rings. The standard InChI is InChI=1S/C23H23N3O4S2/c27-21(12-16-5-2-1-3-6-16)24-19-8-9-20-18-11-17(14-26(20)23(19)28)13-25(15-18)32(29,30)22-7-4-10-31-22/h1-10,17-18H,11-15H2,(H,24,27)/t17-,18+/m0/s1. The predicted molar refractivity (Wildman–Crippen MR) is 123 cm³/mol. The zero-order valence-corrected chi connectivity index (χ0v) is 18.9. The third-order valence-corrected chi connectivity index (χ3v) is 9.35. The molecular formula is C23H23N3O4S2. The number of nitrogens with zero attached hydrogens (tertiary/aromatic N) is 2. The van der Waals surface area contributed by atoms with Crippen molar-refractivity contribution in [2.45, 2.75) is 29.5 Å². The van der Waals surface area contributed by atoms with Gasteiger partial charge in [-0.3, -0.25) is 9.59 Å². The van der Waals surface area contributed by atoms with Gasteiger partial charge in [-0.1, -0.05) is 36.4 Å². The number of anilines is 1. The first-order chi connectivity index (χ1) is 15.4. The molecule has 4 heterocycles. The fourth-order valence-corrected chi connectivity index (χ4v) is 7.41. The summed E-state index contributed by atoms with van der Waals surface area (Å²) in [5.41, 5.74) is 1.74. The lowest BCUT2D eigenvalue weighted by Gasteiger charge is -2.42. The molecule has 2 atom stereocenters. The lowest BCUT2D eigenvalue weighted by molar-refractivity contribution is -0.115. The fourth-order valence-electron chi connectivity index (χ4n) is 4.71. The van der Waals surface area contributed by atoms with Crippen LogP contribution in [0.15, 0.2) is 69.0 Å². The monoisotopic (exact) mass is 469 g/mol. The van der Waals surface area contributed by atoms with Crippen molar-refractivity contribution < 1.29 is 13.2 Å². The number of nitrogens with one attached hydrogen (secondary N) is 1. The van der Waals surface area contributed by atoms with Crippen molar-refractivity contribution >= 4 is 33.0 Å². The smallest absolute Gasteiger partial charge is 0.274 e. The Morgan fingerprint density at radius 2 is 1.84 bits per heavy atom. The molecule has 9 heteroatoms. The van der Waals surface area contributed by atoms with Gasteiger partial charge < -0.3 is 9.88 Å². The lowest BCUT2D eigenvalue weighted by Crippen LogP contribution is -2.49. The van der Waals surface area contributed by atoms with Crippen LogP contribution in [-0.4, -0.2) is 36.3 Å². The quantitative estimate of drug-likeness (QED) is 0.622. The van der Waals surface area contributed by atoms with Gasteiger partial charge in [-0.15, -0.1) is 11.3 Å². The molecule has 32 heavy (non-hydrogen) atoms. The molecule has 1 saturated heterocycles. The van der Waals surface area contributed by atoms with Crippen LogP contribution in [0.25, 0.3) is 0 Å². The number of aromatic nitrogens is 1. The average molecular weight is 470 g/mol. The van der Waals surface area contributed by atoms with Gasteiger partial charge in [0.1, 0.15) is 9.90 Å². The predicted octanol–water partition coefficient (Wildman–Crippen LogP) is 2.90. The molecule has 1 amide bonds. The number of benzene rings is 1. The summed E-state index contributed by atoms with van der Waals surface area (Å²) in [5.74, 6) is -0.221. The molecule has 1 aromatic carbocycles. The van der Waals surface area contributed by atoms with Gasteiger partial charge in [-0.25, -0.2) is 8.42 Å². The molecule has 0 aliphatic carbocycles. The van der Waals surface area contributed by atoms with Gasteiger partial charge in [-0.05, 0) is 41.5 Å². The summed E-state index contributed by atoms with van der Waals surface area (Å²) in [6, 6.07) is 16.2. The maximum absolute atomic E-state index is 13.1. The second-order valence-electron chi connectivity index (χ2n) is 8.35. The molecule has 2 bridgehead atoms. The molecule has 7 nitrogen and oxygen atoms in total. The SMILES string of the molecule is O=C(Cc1ccccc1)Nc1ccc2n(c1=O)C[C@H]1C[C@@H]2CN(S(=O)(=O)c2cccs2)C1. The van der Waals surface area contributed by atoms with E-state index in [0.717, 1.165) is 17.7 Å². The molecule has 0 spiro atoms. The van der Waals surface area contributed by atoms with E-state index >= 15 is 0 Å². The van der Waals surface area contributed by atoms with Crippen molar-refractivity contribution in [3.8, 4) is 0 Å². The number of sulfonamides is 1. The minimum absolute atomic E-state index is 0.0426. The molecule has 2 aliphatic heterocycles. The van der Waals surface area contributed by atoms with Crippen LogP contribution in [0, 0.1) is 5.92 Å². The Labute approximate surface area is 190 Å². The summed E-state index contributed by atoms with van der Waals surface area (Å²) in [6.45, 7) is 1.20. The number of piperidine rings is 1. The number of hydrogen-bond donors (Lipinski definition) is 1. The Balaban J connectivity index is 1.37. The highest BCUT2D eigenvalue weighted by Gasteiger charge is 2.40. The van der Waals surface area contributed by atoms with Crippen LogP contribution in [-0.2, 0) is 27.8 Å². The number of rotatable bonds is 5. The van der Waals surface area contributed by atoms with E-state index < -0.39 is 10.0 Å². The summed E-state index contributed by atoms with van der Waals surface area (Å²) < 4.78 is 29.6. The van der Waals surface area contributed by atoms with E-state index in [2.05, 4.69) is 5.32 Å². The zero-order chi connectivity index (χ0) is 22.3. The minimum atomic E-state index is -3.52. The summed E-state index contributed by atoms with van der Waals surface area (Å²) in [6.07, 6.45) is 1.05. The van der Waals surface area contributed by atoms with E-state index in [0.29, 0.717) is 23.8 Å². The van der Waals surface area contributed by atoms with Crippen LogP contribution in [0.3, 0.4) is 0 Å². The van der Waals surface area contributed by atoms with Gasteiger partial charge in [0.2, 0.25) is 5.91 Å². The first-order valence-corrected chi connectivity index (χ1v) is 12.8. The molecule has 0 unspecified atom stereocenters. The number of thiophene rings is 1. The van der Waals surface area contributed by atoms with Crippen LogP contribution >= 0.6 is 11.3 Å². The average Bonchev–Trinajstić information content (AvgIpc) is 3.32. The number of hydrogen-bond acceptors (Lipinski definition) is 5. The van der Waals surface area contributed by atoms with Gasteiger partial charge in [0, 0.05) is 31.2 Å². The van der Waals surface area contributed by atoms with Crippen molar-refractivity contribution in [3.05, 3.63) is 81.6 Å². The fraction of sp³-hybridized carbons (Fsp3) is 0.304. The topological polar surface area (TPSA) is 88.5 Å². The maximum atomic E-state index is 13.1. The lowest BCUT2D eigenvalue weighted by atomic mass is 9.84. The Bertz CT molecular complexity index is 1300. The number of pyridine rings is 1. The Morgan fingerprint density at radius 3 is 2.59 bits per heavy atom. The number of carbonyl (C=O) groups is 1. The summed E-state index contributed by atoms with van der Waals surface area (Å²) in [5, 5.41) is 4.51. The van der Waals surface area contributed by atoms with E-state index in [1.807, 2.05) is 36.4 Å². The van der Waals surface area contributed by atoms with Crippen LogP contribution in [0.4, 0.5) is 5.69 Å². The van der Waals surface area contributed by atoms with Gasteiger partial charge >= 0.3 is 0 Å². The van der Waals surface area contributed by atoms with E-state index in [9.17, 15) is 18.0 Å². The molecule has 5 rings (SSSR count). The second kappa shape index (κ2) is 8.31. The van der Waals surface area contributed by atoms with Crippen LogP contribution in [0.5, 0.6) is 0 Å². The molecule has 0 saturated carbocycles. The van der Waals surface area contributed by atoms with E-state index in [-0.39, 0.29) is 35.4 Å². The van der Waals surface area contributed by atoms with Crippen molar-refractivity contribution in [2.24, 2.45) is 5.92 Å². The van der Waals surface area contributed by atoms with E-state index in [1.54, 1.807) is 32.5 Å². The Morgan fingerprint density at radius 1 is 1.03 bits per heavy atom. The van der Waals surface area contributed by atoms with Crippen LogP contribution in [0.2, 0.25) is 0 Å². The number of amides is 1. The largest absolute Gasteiger partial charge is 0.321 e. The van der Waals surface area contributed by atoms with Gasteiger partial charge in [0.05, 0.1) is 6.42 Å². The summed E-state index contributed by atoms with van der Waals surface area (Å²) >= 11 is 1.22. The first-order valence-electron chi connectivity index (χ1n) is 10.5. The normalized spacial score (nSPS) is 20.5. The van der Waals surface area contributed by atoms with Crippen molar-refractivity contribution in [3.63, 3.8) is 0 Å². The highest BCUT2D eigenvalue weighted by molar-refractivity contribution is 7.91. The highest BCUT2D eigenvalue weighted by atomic mass is 32.2. The molecule has 2 aromatic heterocycles. The molecule has 0 radical (unpaired) electrons. The molecule has 166 valence electrons. The second-order valence-corrected chi connectivity index (χ2v) is 11.5. The van der Waals surface area contributed by atoms with E-state index in [4.69, 9.17) is 0 Å². The van der Waals surface area contributed by atoms with Crippen molar-refractivity contribution in [1.29, 1.82) is 0 Å². The zero-order valence-electron chi connectivity index (χ0n) is 17.3. The Hall–Kier alpha value is -2.75. The maximum Gasteiger partial charge on any atom is 0.274 e. The molecular weight excluding hydrogens is 446 g/mol. The molecule has 1 N–H and O–H groups in total. The third kappa shape index (κ3) is 3.92. The minimum Gasteiger partial charge on any atom is -0.321 e. The van der Waals surface area contributed by atoms with Crippen molar-refractivity contribution in [2.75, 3.05) is 18.4 Å². The summed E-state index contributed by atoms with van der Waals surface area (Å²) in [7, 11) is -3.52. The number of fused-ring (bicyclic) bond motifs is 4. The van der Waals surface area contributed by atoms with Crippen LogP contribution < -0.4 is 10.9 Å². The highest BCUT2D eigenvalue weighted by Crippen LogP contribution is 2.38. The van der Waals surface area contributed by atoms with Gasteiger partial charge in [0.25, 0.3) is 15.6 Å². The van der Waals surface area contributed by atoms with Gasteiger partial charge in [-0.2, -0.15) is 4.31 Å². The van der Waals surface area contributed by atoms with E-state index in [1.165, 1.54) is 11.3 Å². The Kier molecular flexibility index (Phi) is 5.48. The first kappa shape index (κ1) is 21.1. The summed E-state index contributed by atoms with van der Waals surface area (Å²) in [4.78, 5) is 25.5. The van der Waals surface area contributed by atoms with Crippen LogP contribution in [0.1, 0.15) is 23.6 Å². The van der Waals surface area contributed by atoms with Crippen molar-refractivity contribution in [1.82, 2.24) is 8.87 Å². The van der Waals surface area contributed by atoms with Gasteiger partial charge in [0.15, 0.2) is 0 Å².